The average Bonchev–Trinajstić information content (AvgIpc) is 3.41. The first-order chi connectivity index (χ1) is 14.8. The summed E-state index contributed by atoms with van der Waals surface area (Å²) in [5.74, 6) is -0.515. The van der Waals surface area contributed by atoms with Gasteiger partial charge in [-0.15, -0.1) is 10.2 Å². The van der Waals surface area contributed by atoms with Gasteiger partial charge in [0.15, 0.2) is 11.4 Å². The first-order valence-corrected chi connectivity index (χ1v) is 8.74. The molecular weight excluding hydrogens is 408 g/mol. The van der Waals surface area contributed by atoms with Crippen molar-refractivity contribution in [1.29, 1.82) is 0 Å². The third kappa shape index (κ3) is 3.62. The molecule has 4 aromatic rings. The average molecular weight is 420 g/mol. The van der Waals surface area contributed by atoms with E-state index in [0.717, 1.165) is 0 Å². The zero-order chi connectivity index (χ0) is 22.1. The molecule has 0 saturated carbocycles. The van der Waals surface area contributed by atoms with Gasteiger partial charge < -0.3 is 0 Å². The maximum absolute atomic E-state index is 12.8. The summed E-state index contributed by atoms with van der Waals surface area (Å²) < 4.78 is 2.70. The smallest absolute Gasteiger partial charge is 0.269 e. The van der Waals surface area contributed by atoms with Crippen LogP contribution in [-0.2, 0) is 0 Å². The highest BCUT2D eigenvalue weighted by atomic mass is 16.6. The molecule has 0 unspecified atom stereocenters. The fourth-order valence-electron chi connectivity index (χ4n) is 2.84. The zero-order valence-corrected chi connectivity index (χ0v) is 15.8. The number of nitro benzene ring substituents is 2. The Morgan fingerprint density at radius 2 is 1.39 bits per heavy atom. The predicted molar refractivity (Wildman–Crippen MR) is 104 cm³/mol. The van der Waals surface area contributed by atoms with Gasteiger partial charge in [0, 0.05) is 24.3 Å². The van der Waals surface area contributed by atoms with Crippen LogP contribution in [0.15, 0.2) is 54.7 Å². The molecule has 4 rings (SSSR count). The van der Waals surface area contributed by atoms with Crippen molar-refractivity contribution in [2.75, 3.05) is 0 Å². The Morgan fingerprint density at radius 1 is 0.839 bits per heavy atom. The Bertz CT molecular complexity index is 1310. The summed E-state index contributed by atoms with van der Waals surface area (Å²) >= 11 is 0. The summed E-state index contributed by atoms with van der Waals surface area (Å²) in [6.45, 7) is 1.63. The van der Waals surface area contributed by atoms with Gasteiger partial charge in [-0.1, -0.05) is 10.4 Å². The van der Waals surface area contributed by atoms with Gasteiger partial charge in [0.1, 0.15) is 0 Å². The third-order valence-corrected chi connectivity index (χ3v) is 4.47. The first kappa shape index (κ1) is 19.5. The Labute approximate surface area is 172 Å². The molecule has 0 atom stereocenters. The number of carbonyl (C=O) groups excluding carboxylic acids is 1. The summed E-state index contributed by atoms with van der Waals surface area (Å²) in [6, 6.07) is 11.3. The number of benzene rings is 2. The molecule has 13 heteroatoms. The number of hydrogen-bond acceptors (Lipinski definition) is 9. The minimum atomic E-state index is -0.517. The van der Waals surface area contributed by atoms with Crippen LogP contribution in [0.2, 0.25) is 0 Å². The van der Waals surface area contributed by atoms with Crippen LogP contribution in [-0.4, -0.2) is 45.6 Å². The van der Waals surface area contributed by atoms with Crippen LogP contribution in [0, 0.1) is 27.2 Å². The van der Waals surface area contributed by atoms with Gasteiger partial charge in [-0.2, -0.15) is 0 Å². The molecule has 0 spiro atoms. The van der Waals surface area contributed by atoms with Crippen LogP contribution >= 0.6 is 0 Å². The van der Waals surface area contributed by atoms with Gasteiger partial charge in [0.05, 0.1) is 33.1 Å². The van der Waals surface area contributed by atoms with Crippen LogP contribution in [0.5, 0.6) is 0 Å². The highest BCUT2D eigenvalue weighted by Gasteiger charge is 2.22. The van der Waals surface area contributed by atoms with E-state index in [2.05, 4.69) is 20.6 Å². The number of aromatic nitrogens is 6. The van der Waals surface area contributed by atoms with E-state index in [0.29, 0.717) is 17.1 Å². The van der Waals surface area contributed by atoms with E-state index in [1.54, 1.807) is 6.92 Å². The van der Waals surface area contributed by atoms with Crippen LogP contribution in [0.1, 0.15) is 21.9 Å². The van der Waals surface area contributed by atoms with E-state index in [9.17, 15) is 25.0 Å². The molecule has 154 valence electrons. The van der Waals surface area contributed by atoms with Crippen LogP contribution in [0.4, 0.5) is 11.4 Å². The molecule has 0 aliphatic heterocycles. The lowest BCUT2D eigenvalue weighted by atomic mass is 10.2. The molecule has 0 saturated heterocycles. The van der Waals surface area contributed by atoms with Crippen molar-refractivity contribution in [3.63, 3.8) is 0 Å². The van der Waals surface area contributed by atoms with Gasteiger partial charge in [0.25, 0.3) is 11.4 Å². The number of nitro groups is 2. The number of ketones is 1. The second-order valence-electron chi connectivity index (χ2n) is 6.36. The Morgan fingerprint density at radius 3 is 1.94 bits per heavy atom. The number of non-ortho nitro benzene ring substituents is 2. The molecule has 0 fully saturated rings. The van der Waals surface area contributed by atoms with Gasteiger partial charge in [-0.25, -0.2) is 9.36 Å². The number of nitrogens with zero attached hydrogens (tertiary/aromatic N) is 8. The lowest BCUT2D eigenvalue weighted by Crippen LogP contribution is -2.06. The Kier molecular flexibility index (Phi) is 4.75. The van der Waals surface area contributed by atoms with E-state index in [-0.39, 0.29) is 22.8 Å². The maximum atomic E-state index is 12.8. The van der Waals surface area contributed by atoms with Crippen LogP contribution < -0.4 is 0 Å². The lowest BCUT2D eigenvalue weighted by Gasteiger charge is -2.02. The van der Waals surface area contributed by atoms with Gasteiger partial charge in [0.2, 0.25) is 5.78 Å². The molecule has 13 nitrogen and oxygen atoms in total. The fraction of sp³-hybridized carbons (Fsp3) is 0.0556. The van der Waals surface area contributed by atoms with Crippen molar-refractivity contribution in [2.45, 2.75) is 6.92 Å². The molecule has 0 bridgehead atoms. The van der Waals surface area contributed by atoms with Crippen molar-refractivity contribution < 1.29 is 14.6 Å². The molecule has 2 aromatic carbocycles. The van der Waals surface area contributed by atoms with Crippen LogP contribution in [0.3, 0.4) is 0 Å². The normalized spacial score (nSPS) is 10.7. The lowest BCUT2D eigenvalue weighted by molar-refractivity contribution is -0.385. The molecule has 0 aliphatic rings. The van der Waals surface area contributed by atoms with Crippen molar-refractivity contribution >= 4 is 17.2 Å². The predicted octanol–water partition coefficient (Wildman–Crippen LogP) is 2.20. The second-order valence-corrected chi connectivity index (χ2v) is 6.36. The minimum Gasteiger partial charge on any atom is -0.285 e. The second kappa shape index (κ2) is 7.55. The quantitative estimate of drug-likeness (QED) is 0.258. The highest BCUT2D eigenvalue weighted by Crippen LogP contribution is 2.19. The Hall–Kier alpha value is -4.81. The standard InChI is InChI=1S/C18H12N8O5/c1-11-17(20-22-24(11)13-4-8-15(9-5-13)26(30)31)18(27)16-10-23(21-19-16)12-2-6-14(7-3-12)25(28)29/h2-10H,1H3. The zero-order valence-electron chi connectivity index (χ0n) is 15.8. The van der Waals surface area contributed by atoms with Crippen molar-refractivity contribution in [3.8, 4) is 11.4 Å². The van der Waals surface area contributed by atoms with Crippen molar-refractivity contribution in [2.24, 2.45) is 0 Å². The fourth-order valence-corrected chi connectivity index (χ4v) is 2.84. The van der Waals surface area contributed by atoms with E-state index in [1.807, 2.05) is 0 Å². The van der Waals surface area contributed by atoms with E-state index >= 15 is 0 Å². The summed E-state index contributed by atoms with van der Waals surface area (Å²) in [7, 11) is 0. The maximum Gasteiger partial charge on any atom is 0.269 e. The number of carbonyl (C=O) groups is 1. The van der Waals surface area contributed by atoms with Crippen molar-refractivity contribution in [1.82, 2.24) is 30.0 Å². The minimum absolute atomic E-state index is 0.0113. The SMILES string of the molecule is Cc1c(C(=O)c2cn(-c3ccc([N+](=O)[O-])cc3)nn2)nnn1-c1ccc([N+](=O)[O-])cc1. The summed E-state index contributed by atoms with van der Waals surface area (Å²) in [4.78, 5) is 33.4. The summed E-state index contributed by atoms with van der Waals surface area (Å²) in [5.41, 5.74) is 1.34. The molecule has 31 heavy (non-hydrogen) atoms. The van der Waals surface area contributed by atoms with Crippen LogP contribution in [0.25, 0.3) is 11.4 Å². The first-order valence-electron chi connectivity index (χ1n) is 8.74. The topological polar surface area (TPSA) is 165 Å². The molecule has 2 heterocycles. The van der Waals surface area contributed by atoms with Gasteiger partial charge >= 0.3 is 0 Å². The molecular formula is C18H12N8O5. The van der Waals surface area contributed by atoms with E-state index in [4.69, 9.17) is 0 Å². The third-order valence-electron chi connectivity index (χ3n) is 4.47. The molecule has 0 aliphatic carbocycles. The summed E-state index contributed by atoms with van der Waals surface area (Å²) in [5, 5.41) is 37.2. The Balaban J connectivity index is 1.59. The summed E-state index contributed by atoms with van der Waals surface area (Å²) in [6.07, 6.45) is 1.38. The molecule has 0 amide bonds. The van der Waals surface area contributed by atoms with E-state index in [1.165, 1.54) is 64.1 Å². The molecule has 0 radical (unpaired) electrons. The number of hydrogen-bond donors (Lipinski definition) is 0. The number of rotatable bonds is 6. The largest absolute Gasteiger partial charge is 0.285 e. The van der Waals surface area contributed by atoms with E-state index < -0.39 is 15.6 Å². The molecule has 0 N–H and O–H groups in total. The monoisotopic (exact) mass is 420 g/mol. The van der Waals surface area contributed by atoms with Gasteiger partial charge in [-0.05, 0) is 31.2 Å². The molecule has 2 aromatic heterocycles. The highest BCUT2D eigenvalue weighted by molar-refractivity contribution is 6.06. The van der Waals surface area contributed by atoms with Gasteiger partial charge in [-0.3, -0.25) is 25.0 Å². The van der Waals surface area contributed by atoms with Crippen molar-refractivity contribution in [3.05, 3.63) is 92.0 Å².